The molecule has 0 radical (unpaired) electrons. The molecule has 2 aromatic carbocycles. The molecule has 0 spiro atoms. The Morgan fingerprint density at radius 3 is 2.48 bits per heavy atom. The van der Waals surface area contributed by atoms with E-state index < -0.39 is 0 Å². The number of nitrogens with zero attached hydrogens (tertiary/aromatic N) is 3. The Morgan fingerprint density at radius 2 is 1.79 bits per heavy atom. The number of anilines is 1. The highest BCUT2D eigenvalue weighted by Gasteiger charge is 2.23. The average Bonchev–Trinajstić information content (AvgIpc) is 2.73. The predicted octanol–water partition coefficient (Wildman–Crippen LogP) is 4.09. The van der Waals surface area contributed by atoms with Crippen molar-refractivity contribution in [1.82, 2.24) is 9.80 Å². The number of carbonyl (C=O) groups is 1. The summed E-state index contributed by atoms with van der Waals surface area (Å²) in [6, 6.07) is 16.6. The average molecular weight is 394 g/mol. The molecule has 2 aromatic rings. The van der Waals surface area contributed by atoms with Gasteiger partial charge in [-0.05, 0) is 74.0 Å². The lowest BCUT2D eigenvalue weighted by molar-refractivity contribution is 0.0730. The molecule has 0 N–H and O–H groups in total. The van der Waals surface area contributed by atoms with Crippen molar-refractivity contribution in [3.63, 3.8) is 0 Å². The Balaban J connectivity index is 1.51. The van der Waals surface area contributed by atoms with Crippen molar-refractivity contribution in [2.24, 2.45) is 5.92 Å². The van der Waals surface area contributed by atoms with Gasteiger partial charge in [-0.1, -0.05) is 24.3 Å². The van der Waals surface area contributed by atoms with Crippen LogP contribution in [0.5, 0.6) is 0 Å². The summed E-state index contributed by atoms with van der Waals surface area (Å²) in [5.74, 6) is 0.669. The van der Waals surface area contributed by atoms with Crippen LogP contribution in [-0.4, -0.2) is 63.0 Å². The molecule has 4 heteroatoms. The van der Waals surface area contributed by atoms with Crippen LogP contribution in [0.1, 0.15) is 34.3 Å². The summed E-state index contributed by atoms with van der Waals surface area (Å²) in [6.45, 7) is 6.38. The molecule has 0 aliphatic carbocycles. The highest BCUT2D eigenvalue weighted by atomic mass is 16.2. The summed E-state index contributed by atoms with van der Waals surface area (Å²) in [7, 11) is 5.96. The van der Waals surface area contributed by atoms with E-state index >= 15 is 0 Å². The van der Waals surface area contributed by atoms with Crippen LogP contribution < -0.4 is 4.90 Å². The van der Waals surface area contributed by atoms with E-state index in [9.17, 15) is 4.79 Å². The van der Waals surface area contributed by atoms with Gasteiger partial charge < -0.3 is 14.7 Å². The third-order valence-electron chi connectivity index (χ3n) is 6.07. The van der Waals surface area contributed by atoms with Gasteiger partial charge in [0.1, 0.15) is 0 Å². The molecule has 1 aliphatic heterocycles. The van der Waals surface area contributed by atoms with Crippen LogP contribution >= 0.6 is 0 Å². The van der Waals surface area contributed by atoms with E-state index in [1.807, 2.05) is 55.2 Å². The van der Waals surface area contributed by atoms with Gasteiger partial charge in [0.2, 0.25) is 0 Å². The van der Waals surface area contributed by atoms with E-state index in [1.165, 1.54) is 30.5 Å². The Kier molecular flexibility index (Phi) is 7.32. The molecule has 4 nitrogen and oxygen atoms in total. The number of hydrogen-bond donors (Lipinski definition) is 0. The second kappa shape index (κ2) is 9.93. The molecule has 0 bridgehead atoms. The first kappa shape index (κ1) is 21.4. The lowest BCUT2D eigenvalue weighted by Gasteiger charge is -2.35. The second-order valence-corrected chi connectivity index (χ2v) is 8.61. The molecule has 3 rings (SSSR count). The van der Waals surface area contributed by atoms with Crippen molar-refractivity contribution in [1.29, 1.82) is 0 Å². The maximum absolute atomic E-state index is 12.8. The topological polar surface area (TPSA) is 26.8 Å². The van der Waals surface area contributed by atoms with Gasteiger partial charge in [0.05, 0.1) is 0 Å². The summed E-state index contributed by atoms with van der Waals surface area (Å²) in [5, 5.41) is 0. The van der Waals surface area contributed by atoms with Crippen LogP contribution in [-0.2, 0) is 6.42 Å². The van der Waals surface area contributed by atoms with Crippen molar-refractivity contribution in [3.05, 3.63) is 65.2 Å². The normalized spacial score (nSPS) is 17.2. The standard InChI is InChI=1S/C25H35N3O/c1-20-8-5-6-10-22(20)15-17-28-16-7-9-21(19-28)18-27(4)25(29)23-11-13-24(14-12-23)26(2)3/h5-6,8,10-14,21H,7,9,15-19H2,1-4H3. The molecular formula is C25H35N3O. The van der Waals surface area contributed by atoms with Crippen LogP contribution in [0.4, 0.5) is 5.69 Å². The van der Waals surface area contributed by atoms with Crippen LogP contribution in [0.15, 0.2) is 48.5 Å². The van der Waals surface area contributed by atoms with E-state index in [4.69, 9.17) is 0 Å². The van der Waals surface area contributed by atoms with Crippen molar-refractivity contribution in [3.8, 4) is 0 Å². The summed E-state index contributed by atoms with van der Waals surface area (Å²) >= 11 is 0. The van der Waals surface area contributed by atoms with Crippen LogP contribution in [0.25, 0.3) is 0 Å². The zero-order chi connectivity index (χ0) is 20.8. The summed E-state index contributed by atoms with van der Waals surface area (Å²) in [4.78, 5) is 19.4. The molecule has 0 aromatic heterocycles. The maximum Gasteiger partial charge on any atom is 0.253 e. The van der Waals surface area contributed by atoms with Crippen molar-refractivity contribution < 1.29 is 4.79 Å². The SMILES string of the molecule is Cc1ccccc1CCN1CCCC(CN(C)C(=O)c2ccc(N(C)C)cc2)C1. The fourth-order valence-corrected chi connectivity index (χ4v) is 4.27. The van der Waals surface area contributed by atoms with Gasteiger partial charge in [0, 0.05) is 52.0 Å². The first-order valence-electron chi connectivity index (χ1n) is 10.7. The largest absolute Gasteiger partial charge is 0.378 e. The van der Waals surface area contributed by atoms with E-state index in [0.29, 0.717) is 5.92 Å². The minimum atomic E-state index is 0.118. The quantitative estimate of drug-likeness (QED) is 0.709. The number of rotatable bonds is 7. The highest BCUT2D eigenvalue weighted by Crippen LogP contribution is 2.20. The van der Waals surface area contributed by atoms with E-state index in [1.54, 1.807) is 0 Å². The molecule has 156 valence electrons. The molecule has 1 fully saturated rings. The zero-order valence-corrected chi connectivity index (χ0v) is 18.4. The number of likely N-dealkylation sites (tertiary alicyclic amines) is 1. The minimum absolute atomic E-state index is 0.118. The first-order chi connectivity index (χ1) is 13.9. The smallest absolute Gasteiger partial charge is 0.253 e. The lowest BCUT2D eigenvalue weighted by Crippen LogP contribution is -2.42. The molecule has 1 saturated heterocycles. The van der Waals surface area contributed by atoms with Crippen molar-refractivity contribution >= 4 is 11.6 Å². The molecule has 1 unspecified atom stereocenters. The van der Waals surface area contributed by atoms with Crippen LogP contribution in [0.3, 0.4) is 0 Å². The third-order valence-corrected chi connectivity index (χ3v) is 6.07. The number of carbonyl (C=O) groups excluding carboxylic acids is 1. The van der Waals surface area contributed by atoms with E-state index in [0.717, 1.165) is 37.3 Å². The number of hydrogen-bond acceptors (Lipinski definition) is 3. The summed E-state index contributed by atoms with van der Waals surface area (Å²) in [6.07, 6.45) is 3.53. The van der Waals surface area contributed by atoms with Gasteiger partial charge in [-0.15, -0.1) is 0 Å². The summed E-state index contributed by atoms with van der Waals surface area (Å²) in [5.41, 5.74) is 4.71. The highest BCUT2D eigenvalue weighted by molar-refractivity contribution is 5.94. The van der Waals surface area contributed by atoms with Gasteiger partial charge >= 0.3 is 0 Å². The molecule has 0 saturated carbocycles. The van der Waals surface area contributed by atoms with Crippen molar-refractivity contribution in [2.75, 3.05) is 52.2 Å². The van der Waals surface area contributed by atoms with E-state index in [-0.39, 0.29) is 5.91 Å². The van der Waals surface area contributed by atoms with E-state index in [2.05, 4.69) is 36.1 Å². The molecule has 1 heterocycles. The third kappa shape index (κ3) is 5.83. The van der Waals surface area contributed by atoms with Crippen LogP contribution in [0, 0.1) is 12.8 Å². The zero-order valence-electron chi connectivity index (χ0n) is 18.4. The molecular weight excluding hydrogens is 358 g/mol. The second-order valence-electron chi connectivity index (χ2n) is 8.61. The van der Waals surface area contributed by atoms with Gasteiger partial charge in [0.25, 0.3) is 5.91 Å². The van der Waals surface area contributed by atoms with Crippen molar-refractivity contribution in [2.45, 2.75) is 26.2 Å². The fourth-order valence-electron chi connectivity index (χ4n) is 4.27. The number of aryl methyl sites for hydroxylation is 1. The Labute approximate surface area is 176 Å². The number of amides is 1. The molecule has 1 aliphatic rings. The monoisotopic (exact) mass is 393 g/mol. The van der Waals surface area contributed by atoms with Gasteiger partial charge in [-0.2, -0.15) is 0 Å². The summed E-state index contributed by atoms with van der Waals surface area (Å²) < 4.78 is 0. The first-order valence-corrected chi connectivity index (χ1v) is 10.7. The maximum atomic E-state index is 12.8. The predicted molar refractivity (Wildman–Crippen MR) is 122 cm³/mol. The number of benzene rings is 2. The Bertz CT molecular complexity index is 800. The Morgan fingerprint density at radius 1 is 1.07 bits per heavy atom. The lowest BCUT2D eigenvalue weighted by atomic mass is 9.96. The van der Waals surface area contributed by atoms with Crippen LogP contribution in [0.2, 0.25) is 0 Å². The van der Waals surface area contributed by atoms with Gasteiger partial charge in [0.15, 0.2) is 0 Å². The molecule has 1 amide bonds. The minimum Gasteiger partial charge on any atom is -0.378 e. The molecule has 29 heavy (non-hydrogen) atoms. The fraction of sp³-hybridized carbons (Fsp3) is 0.480. The van der Waals surface area contributed by atoms with Gasteiger partial charge in [-0.3, -0.25) is 4.79 Å². The Hall–Kier alpha value is -2.33. The number of piperidine rings is 1. The molecule has 1 atom stereocenters. The van der Waals surface area contributed by atoms with Gasteiger partial charge in [-0.25, -0.2) is 0 Å².